The van der Waals surface area contributed by atoms with E-state index in [-0.39, 0.29) is 0 Å². The summed E-state index contributed by atoms with van der Waals surface area (Å²) in [7, 11) is 0. The van der Waals surface area contributed by atoms with Crippen molar-refractivity contribution < 1.29 is 4.52 Å². The number of rotatable bonds is 5. The first kappa shape index (κ1) is 16.9. The molecule has 2 aromatic heterocycles. The van der Waals surface area contributed by atoms with Gasteiger partial charge in [-0.15, -0.1) is 11.3 Å². The average molecular weight is 419 g/mol. The van der Waals surface area contributed by atoms with Crippen molar-refractivity contribution in [2.75, 3.05) is 26.2 Å². The van der Waals surface area contributed by atoms with E-state index >= 15 is 0 Å². The van der Waals surface area contributed by atoms with Crippen LogP contribution in [0.25, 0.3) is 10.7 Å². The monoisotopic (exact) mass is 418 g/mol. The van der Waals surface area contributed by atoms with E-state index in [9.17, 15) is 0 Å². The fraction of sp³-hybridized carbons (Fsp3) is 0.333. The van der Waals surface area contributed by atoms with Crippen molar-refractivity contribution >= 4 is 27.3 Å². The van der Waals surface area contributed by atoms with Crippen molar-refractivity contribution in [1.29, 1.82) is 0 Å². The van der Waals surface area contributed by atoms with E-state index in [1.807, 2.05) is 17.5 Å². The van der Waals surface area contributed by atoms with Gasteiger partial charge in [0.2, 0.25) is 11.7 Å². The molecule has 25 heavy (non-hydrogen) atoms. The number of piperazine rings is 1. The van der Waals surface area contributed by atoms with Crippen LogP contribution >= 0.6 is 27.3 Å². The van der Waals surface area contributed by atoms with Crippen LogP contribution < -0.4 is 0 Å². The third-order valence-corrected chi connectivity index (χ3v) is 5.75. The van der Waals surface area contributed by atoms with Crippen molar-refractivity contribution in [3.63, 3.8) is 0 Å². The summed E-state index contributed by atoms with van der Waals surface area (Å²) in [6, 6.07) is 12.6. The topological polar surface area (TPSA) is 45.4 Å². The molecule has 3 heterocycles. The quantitative estimate of drug-likeness (QED) is 0.628. The Hall–Kier alpha value is -1.54. The number of thiophene rings is 1. The minimum atomic E-state index is 0.693. The van der Waals surface area contributed by atoms with E-state index in [0.717, 1.165) is 48.6 Å². The van der Waals surface area contributed by atoms with Gasteiger partial charge in [-0.05, 0) is 29.1 Å². The van der Waals surface area contributed by atoms with Crippen molar-refractivity contribution in [2.45, 2.75) is 13.1 Å². The summed E-state index contributed by atoms with van der Waals surface area (Å²) in [5.74, 6) is 1.39. The van der Waals surface area contributed by atoms with Gasteiger partial charge in [-0.3, -0.25) is 9.80 Å². The first-order valence-electron chi connectivity index (χ1n) is 8.32. The molecule has 0 unspecified atom stereocenters. The van der Waals surface area contributed by atoms with Crippen molar-refractivity contribution in [3.8, 4) is 10.7 Å². The molecule has 0 atom stereocenters. The summed E-state index contributed by atoms with van der Waals surface area (Å²) in [5, 5.41) is 6.11. The van der Waals surface area contributed by atoms with Crippen LogP contribution in [-0.2, 0) is 13.1 Å². The van der Waals surface area contributed by atoms with Gasteiger partial charge in [0.1, 0.15) is 0 Å². The highest BCUT2D eigenvalue weighted by Crippen LogP contribution is 2.22. The zero-order chi connectivity index (χ0) is 17.1. The van der Waals surface area contributed by atoms with Crippen LogP contribution in [0, 0.1) is 0 Å². The van der Waals surface area contributed by atoms with Gasteiger partial charge in [0, 0.05) is 37.2 Å². The van der Waals surface area contributed by atoms with Gasteiger partial charge in [-0.25, -0.2) is 0 Å². The number of aromatic nitrogens is 2. The van der Waals surface area contributed by atoms with Crippen LogP contribution in [0.4, 0.5) is 0 Å². The Morgan fingerprint density at radius 2 is 1.72 bits per heavy atom. The van der Waals surface area contributed by atoms with E-state index in [4.69, 9.17) is 4.52 Å². The maximum Gasteiger partial charge on any atom is 0.241 e. The molecule has 0 spiro atoms. The molecule has 1 fully saturated rings. The zero-order valence-electron chi connectivity index (χ0n) is 13.8. The van der Waals surface area contributed by atoms with Gasteiger partial charge < -0.3 is 4.52 Å². The highest BCUT2D eigenvalue weighted by molar-refractivity contribution is 9.10. The Kier molecular flexibility index (Phi) is 5.26. The molecule has 1 saturated heterocycles. The molecule has 0 saturated carbocycles. The van der Waals surface area contributed by atoms with Gasteiger partial charge in [0.05, 0.1) is 11.4 Å². The number of benzene rings is 1. The van der Waals surface area contributed by atoms with E-state index < -0.39 is 0 Å². The van der Waals surface area contributed by atoms with Gasteiger partial charge in [0.15, 0.2) is 0 Å². The molecule has 0 aliphatic carbocycles. The summed E-state index contributed by atoms with van der Waals surface area (Å²) in [5.41, 5.74) is 1.36. The van der Waals surface area contributed by atoms with Crippen LogP contribution in [0.2, 0.25) is 0 Å². The lowest BCUT2D eigenvalue weighted by atomic mass is 10.2. The van der Waals surface area contributed by atoms with Gasteiger partial charge in [0.25, 0.3) is 0 Å². The van der Waals surface area contributed by atoms with E-state index in [0.29, 0.717) is 11.7 Å². The normalized spacial score (nSPS) is 16.4. The Morgan fingerprint density at radius 3 is 2.40 bits per heavy atom. The summed E-state index contributed by atoms with van der Waals surface area (Å²) < 4.78 is 6.54. The number of halogens is 1. The molecule has 5 nitrogen and oxygen atoms in total. The summed E-state index contributed by atoms with van der Waals surface area (Å²) in [6.07, 6.45) is 0. The molecule has 0 bridgehead atoms. The zero-order valence-corrected chi connectivity index (χ0v) is 16.2. The molecule has 3 aromatic rings. The molecule has 1 aromatic carbocycles. The summed E-state index contributed by atoms with van der Waals surface area (Å²) in [4.78, 5) is 10.4. The van der Waals surface area contributed by atoms with E-state index in [2.05, 4.69) is 60.1 Å². The predicted octanol–water partition coefficient (Wildman–Crippen LogP) is 3.88. The fourth-order valence-electron chi connectivity index (χ4n) is 2.97. The maximum absolute atomic E-state index is 5.41. The minimum absolute atomic E-state index is 0.693. The number of nitrogens with zero attached hydrogens (tertiary/aromatic N) is 4. The second-order valence-corrected chi connectivity index (χ2v) is 8.03. The average Bonchev–Trinajstić information content (AvgIpc) is 3.30. The van der Waals surface area contributed by atoms with Crippen molar-refractivity contribution in [2.24, 2.45) is 0 Å². The van der Waals surface area contributed by atoms with Gasteiger partial charge in [-0.1, -0.05) is 39.3 Å². The molecule has 0 amide bonds. The smallest absolute Gasteiger partial charge is 0.241 e. The highest BCUT2D eigenvalue weighted by Gasteiger charge is 2.19. The van der Waals surface area contributed by atoms with Crippen LogP contribution in [0.3, 0.4) is 0 Å². The highest BCUT2D eigenvalue weighted by atomic mass is 79.9. The van der Waals surface area contributed by atoms with Gasteiger partial charge in [-0.2, -0.15) is 4.98 Å². The molecular formula is C18H19BrN4OS. The first-order chi connectivity index (χ1) is 12.3. The number of hydrogen-bond acceptors (Lipinski definition) is 6. The van der Waals surface area contributed by atoms with Crippen molar-refractivity contribution in [1.82, 2.24) is 19.9 Å². The number of hydrogen-bond donors (Lipinski definition) is 0. The van der Waals surface area contributed by atoms with Crippen LogP contribution in [0.5, 0.6) is 0 Å². The van der Waals surface area contributed by atoms with Crippen LogP contribution in [-0.4, -0.2) is 46.1 Å². The molecule has 4 rings (SSSR count). The largest absolute Gasteiger partial charge is 0.338 e. The lowest BCUT2D eigenvalue weighted by Crippen LogP contribution is -2.45. The Balaban J connectivity index is 1.28. The SMILES string of the molecule is Brc1ccc(CN2CCN(Cc3nc(-c4cccs4)no3)CC2)cc1. The van der Waals surface area contributed by atoms with Crippen LogP contribution in [0.1, 0.15) is 11.5 Å². The molecule has 1 aliphatic heterocycles. The predicted molar refractivity (Wildman–Crippen MR) is 102 cm³/mol. The first-order valence-corrected chi connectivity index (χ1v) is 9.99. The Bertz CT molecular complexity index is 795. The molecule has 0 radical (unpaired) electrons. The third-order valence-electron chi connectivity index (χ3n) is 4.35. The molecular weight excluding hydrogens is 400 g/mol. The maximum atomic E-state index is 5.41. The molecule has 130 valence electrons. The molecule has 7 heteroatoms. The lowest BCUT2D eigenvalue weighted by molar-refractivity contribution is 0.112. The molecule has 0 N–H and O–H groups in total. The fourth-order valence-corrected chi connectivity index (χ4v) is 3.88. The second-order valence-electron chi connectivity index (χ2n) is 6.17. The lowest BCUT2D eigenvalue weighted by Gasteiger charge is -2.33. The van der Waals surface area contributed by atoms with Crippen LogP contribution in [0.15, 0.2) is 50.8 Å². The summed E-state index contributed by atoms with van der Waals surface area (Å²) >= 11 is 5.11. The Morgan fingerprint density at radius 1 is 1.00 bits per heavy atom. The molecule has 1 aliphatic rings. The van der Waals surface area contributed by atoms with Crippen molar-refractivity contribution in [3.05, 3.63) is 57.7 Å². The van der Waals surface area contributed by atoms with E-state index in [1.165, 1.54) is 5.56 Å². The second kappa shape index (κ2) is 7.78. The third kappa shape index (κ3) is 4.36. The minimum Gasteiger partial charge on any atom is -0.338 e. The van der Waals surface area contributed by atoms with E-state index in [1.54, 1.807) is 11.3 Å². The summed E-state index contributed by atoms with van der Waals surface area (Å²) in [6.45, 7) is 5.89. The Labute approximate surface area is 159 Å². The van der Waals surface area contributed by atoms with Gasteiger partial charge >= 0.3 is 0 Å². The standard InChI is InChI=1S/C18H19BrN4OS/c19-15-5-3-14(4-6-15)12-22-7-9-23(10-8-22)13-17-20-18(21-24-17)16-2-1-11-25-16/h1-6,11H,7-10,12-13H2.